The van der Waals surface area contributed by atoms with Crippen LogP contribution < -0.4 is 19.6 Å². The summed E-state index contributed by atoms with van der Waals surface area (Å²) in [5.41, 5.74) is 2.08. The number of hydrogen-bond donors (Lipinski definition) is 1. The molecule has 0 saturated heterocycles. The molecule has 2 aromatic carbocycles. The van der Waals surface area contributed by atoms with E-state index in [1.165, 1.54) is 36.4 Å². The topological polar surface area (TPSA) is 112 Å². The van der Waals surface area contributed by atoms with Crippen molar-refractivity contribution < 1.29 is 28.3 Å². The molecule has 1 aliphatic rings. The molecule has 0 fully saturated rings. The van der Waals surface area contributed by atoms with Crippen LogP contribution in [0, 0.1) is 15.9 Å². The Hall–Kier alpha value is -3.69. The summed E-state index contributed by atoms with van der Waals surface area (Å²) >= 11 is 0. The van der Waals surface area contributed by atoms with Crippen LogP contribution >= 0.6 is 0 Å². The molecular weight excluding hydrogens is 349 g/mol. The standard InChI is InChI=1S/C16H12FN3O6/c17-11-1-3-12(4-2-11)24-8-16(21)19-18-7-10-5-14-15(26-9-25-14)6-13(10)20(22)23/h1-7H,8-9H2,(H,19,21)/b18-7+. The predicted octanol–water partition coefficient (Wildman–Crippen LogP) is 1.99. The molecule has 0 aliphatic carbocycles. The van der Waals surface area contributed by atoms with Gasteiger partial charge in [0.1, 0.15) is 11.6 Å². The normalized spacial score (nSPS) is 12.2. The Morgan fingerprint density at radius 2 is 2.00 bits per heavy atom. The number of carbonyl (C=O) groups excluding carboxylic acids is 1. The number of halogens is 1. The quantitative estimate of drug-likeness (QED) is 0.478. The molecule has 0 bridgehead atoms. The maximum Gasteiger partial charge on any atom is 0.282 e. The van der Waals surface area contributed by atoms with Crippen LogP contribution in [0.1, 0.15) is 5.56 Å². The maximum absolute atomic E-state index is 12.8. The average molecular weight is 361 g/mol. The summed E-state index contributed by atoms with van der Waals surface area (Å²) in [6.45, 7) is -0.378. The highest BCUT2D eigenvalue weighted by Gasteiger charge is 2.22. The molecule has 0 unspecified atom stereocenters. The average Bonchev–Trinajstić information content (AvgIpc) is 3.08. The first-order chi connectivity index (χ1) is 12.5. The van der Waals surface area contributed by atoms with Gasteiger partial charge in [-0.05, 0) is 30.3 Å². The van der Waals surface area contributed by atoms with E-state index in [9.17, 15) is 19.3 Å². The molecule has 0 atom stereocenters. The van der Waals surface area contributed by atoms with E-state index in [1.807, 2.05) is 0 Å². The molecule has 3 rings (SSSR count). The maximum atomic E-state index is 12.8. The molecule has 26 heavy (non-hydrogen) atoms. The minimum atomic E-state index is -0.594. The number of amides is 1. The van der Waals surface area contributed by atoms with Crippen molar-refractivity contribution in [1.29, 1.82) is 0 Å². The molecule has 1 aliphatic heterocycles. The number of nitrogens with zero attached hydrogens (tertiary/aromatic N) is 2. The van der Waals surface area contributed by atoms with Crippen molar-refractivity contribution in [3.63, 3.8) is 0 Å². The Bertz CT molecular complexity index is 869. The lowest BCUT2D eigenvalue weighted by atomic mass is 10.1. The summed E-state index contributed by atoms with van der Waals surface area (Å²) in [6.07, 6.45) is 1.12. The first kappa shape index (κ1) is 17.1. The minimum Gasteiger partial charge on any atom is -0.484 e. The fraction of sp³-hybridized carbons (Fsp3) is 0.125. The van der Waals surface area contributed by atoms with Gasteiger partial charge in [-0.2, -0.15) is 5.10 Å². The summed E-state index contributed by atoms with van der Waals surface area (Å²) in [7, 11) is 0. The van der Waals surface area contributed by atoms with Crippen LogP contribution in [0.2, 0.25) is 0 Å². The van der Waals surface area contributed by atoms with Gasteiger partial charge in [0.05, 0.1) is 22.8 Å². The van der Waals surface area contributed by atoms with Gasteiger partial charge in [0.15, 0.2) is 18.1 Å². The van der Waals surface area contributed by atoms with Crippen LogP contribution in [0.4, 0.5) is 10.1 Å². The highest BCUT2D eigenvalue weighted by atomic mass is 19.1. The molecule has 134 valence electrons. The second kappa shape index (κ2) is 7.47. The lowest BCUT2D eigenvalue weighted by Gasteiger charge is -2.04. The second-order valence-electron chi connectivity index (χ2n) is 5.06. The number of nitro benzene ring substituents is 1. The minimum absolute atomic E-state index is 0.0233. The van der Waals surface area contributed by atoms with Crippen LogP contribution in [0.3, 0.4) is 0 Å². The molecule has 0 aromatic heterocycles. The Labute approximate surface area is 146 Å². The predicted molar refractivity (Wildman–Crippen MR) is 86.9 cm³/mol. The number of nitrogens with one attached hydrogen (secondary N) is 1. The zero-order valence-corrected chi connectivity index (χ0v) is 13.2. The third-order valence-corrected chi connectivity index (χ3v) is 3.30. The molecule has 1 amide bonds. The molecule has 1 N–H and O–H groups in total. The molecule has 10 heteroatoms. The van der Waals surface area contributed by atoms with Crippen molar-refractivity contribution in [3.05, 3.63) is 57.9 Å². The van der Waals surface area contributed by atoms with Crippen molar-refractivity contribution in [2.45, 2.75) is 0 Å². The van der Waals surface area contributed by atoms with E-state index >= 15 is 0 Å². The molecule has 0 saturated carbocycles. The first-order valence-electron chi connectivity index (χ1n) is 7.31. The van der Waals surface area contributed by atoms with E-state index in [1.54, 1.807) is 0 Å². The summed E-state index contributed by atoms with van der Waals surface area (Å²) < 4.78 is 28.2. The van der Waals surface area contributed by atoms with Gasteiger partial charge in [-0.1, -0.05) is 0 Å². The lowest BCUT2D eigenvalue weighted by molar-refractivity contribution is -0.385. The third kappa shape index (κ3) is 4.04. The fourth-order valence-electron chi connectivity index (χ4n) is 2.09. The summed E-state index contributed by atoms with van der Waals surface area (Å²) in [4.78, 5) is 22.2. The number of nitro groups is 1. The molecule has 1 heterocycles. The van der Waals surface area contributed by atoms with E-state index in [4.69, 9.17) is 14.2 Å². The molecular formula is C16H12FN3O6. The van der Waals surface area contributed by atoms with E-state index in [2.05, 4.69) is 10.5 Å². The highest BCUT2D eigenvalue weighted by molar-refractivity contribution is 5.88. The largest absolute Gasteiger partial charge is 0.484 e. The Morgan fingerprint density at radius 1 is 1.31 bits per heavy atom. The smallest absolute Gasteiger partial charge is 0.282 e. The second-order valence-corrected chi connectivity index (χ2v) is 5.06. The Morgan fingerprint density at radius 3 is 2.69 bits per heavy atom. The molecule has 9 nitrogen and oxygen atoms in total. The number of rotatable bonds is 6. The van der Waals surface area contributed by atoms with Gasteiger partial charge in [0, 0.05) is 0 Å². The molecule has 0 spiro atoms. The van der Waals surface area contributed by atoms with Crippen molar-refractivity contribution in [3.8, 4) is 17.2 Å². The number of ether oxygens (including phenoxy) is 3. The third-order valence-electron chi connectivity index (χ3n) is 3.30. The van der Waals surface area contributed by atoms with E-state index in [0.29, 0.717) is 11.5 Å². The summed E-state index contributed by atoms with van der Waals surface area (Å²) in [5, 5.41) is 14.8. The number of carbonyl (C=O) groups is 1. The van der Waals surface area contributed by atoms with Gasteiger partial charge in [0.25, 0.3) is 11.6 Å². The number of hydrogen-bond acceptors (Lipinski definition) is 7. The number of fused-ring (bicyclic) bond motifs is 1. The van der Waals surface area contributed by atoms with E-state index < -0.39 is 16.6 Å². The van der Waals surface area contributed by atoms with Crippen LogP contribution in [0.5, 0.6) is 17.2 Å². The monoisotopic (exact) mass is 361 g/mol. The summed E-state index contributed by atoms with van der Waals surface area (Å²) in [5.74, 6) is -0.0729. The Balaban J connectivity index is 1.60. The van der Waals surface area contributed by atoms with Crippen molar-refractivity contribution in [1.82, 2.24) is 5.43 Å². The first-order valence-corrected chi connectivity index (χ1v) is 7.31. The zero-order valence-electron chi connectivity index (χ0n) is 13.2. The highest BCUT2D eigenvalue weighted by Crippen LogP contribution is 2.37. The van der Waals surface area contributed by atoms with Crippen LogP contribution in [0.15, 0.2) is 41.5 Å². The van der Waals surface area contributed by atoms with Gasteiger partial charge in [-0.3, -0.25) is 14.9 Å². The Kier molecular flexibility index (Phi) is 4.92. The van der Waals surface area contributed by atoms with Gasteiger partial charge >= 0.3 is 0 Å². The fourth-order valence-corrected chi connectivity index (χ4v) is 2.09. The van der Waals surface area contributed by atoms with Crippen molar-refractivity contribution in [2.75, 3.05) is 13.4 Å². The van der Waals surface area contributed by atoms with Crippen LogP contribution in [-0.4, -0.2) is 30.4 Å². The molecule has 0 radical (unpaired) electrons. The molecule has 2 aromatic rings. The zero-order chi connectivity index (χ0) is 18.5. The lowest BCUT2D eigenvalue weighted by Crippen LogP contribution is -2.24. The van der Waals surface area contributed by atoms with Crippen molar-refractivity contribution in [2.24, 2.45) is 5.10 Å². The number of benzene rings is 2. The van der Waals surface area contributed by atoms with Gasteiger partial charge in [0.2, 0.25) is 6.79 Å². The van der Waals surface area contributed by atoms with E-state index in [-0.39, 0.29) is 30.4 Å². The van der Waals surface area contributed by atoms with Gasteiger partial charge in [-0.15, -0.1) is 0 Å². The van der Waals surface area contributed by atoms with Gasteiger partial charge < -0.3 is 14.2 Å². The van der Waals surface area contributed by atoms with Crippen molar-refractivity contribution >= 4 is 17.8 Å². The van der Waals surface area contributed by atoms with Gasteiger partial charge in [-0.25, -0.2) is 9.82 Å². The number of hydrazone groups is 1. The van der Waals surface area contributed by atoms with E-state index in [0.717, 1.165) is 6.21 Å². The van der Waals surface area contributed by atoms with Crippen LogP contribution in [-0.2, 0) is 4.79 Å². The summed E-state index contributed by atoms with van der Waals surface area (Å²) in [6, 6.07) is 7.77. The SMILES string of the molecule is O=C(COc1ccc(F)cc1)N/N=C/c1cc2c(cc1[N+](=O)[O-])OCO2. The van der Waals surface area contributed by atoms with Crippen LogP contribution in [0.25, 0.3) is 0 Å².